The van der Waals surface area contributed by atoms with E-state index in [2.05, 4.69) is 33.2 Å². The molecule has 4 aliphatic rings. The molecule has 4 bridgehead atoms. The average molecular weight is 288 g/mol. The summed E-state index contributed by atoms with van der Waals surface area (Å²) in [6.07, 6.45) is 7.35. The summed E-state index contributed by atoms with van der Waals surface area (Å²) in [5.74, 6) is 1.58. The molecule has 20 heavy (non-hydrogen) atoms. The van der Waals surface area contributed by atoms with E-state index in [1.54, 1.807) is 0 Å². The molecule has 0 spiro atoms. The lowest BCUT2D eigenvalue weighted by molar-refractivity contribution is -0.0356. The number of aromatic nitrogens is 3. The molecule has 0 saturated heterocycles. The molecule has 4 heteroatoms. The van der Waals surface area contributed by atoms with Crippen LogP contribution in [0.4, 0.5) is 0 Å². The van der Waals surface area contributed by atoms with Crippen LogP contribution in [0, 0.1) is 11.8 Å². The zero-order valence-corrected chi connectivity index (χ0v) is 12.2. The van der Waals surface area contributed by atoms with Crippen LogP contribution in [0.25, 0.3) is 11.0 Å². The van der Waals surface area contributed by atoms with Gasteiger partial charge in [-0.1, -0.05) is 17.3 Å². The summed E-state index contributed by atoms with van der Waals surface area (Å²) >= 11 is 6.93. The summed E-state index contributed by atoms with van der Waals surface area (Å²) in [7, 11) is 0. The summed E-state index contributed by atoms with van der Waals surface area (Å²) in [4.78, 5) is 0.0249. The lowest BCUT2D eigenvalue weighted by Crippen LogP contribution is -2.57. The van der Waals surface area contributed by atoms with Crippen molar-refractivity contribution < 1.29 is 0 Å². The van der Waals surface area contributed by atoms with Gasteiger partial charge in [0.25, 0.3) is 0 Å². The molecule has 0 aliphatic heterocycles. The first-order valence-corrected chi connectivity index (χ1v) is 8.04. The van der Waals surface area contributed by atoms with Crippen LogP contribution in [0.15, 0.2) is 24.3 Å². The van der Waals surface area contributed by atoms with E-state index < -0.39 is 0 Å². The summed E-state index contributed by atoms with van der Waals surface area (Å²) < 4.78 is 2.22. The fraction of sp³-hybridized carbons (Fsp3) is 0.625. The highest BCUT2D eigenvalue weighted by molar-refractivity contribution is 6.24. The molecule has 1 aromatic carbocycles. The second-order valence-corrected chi connectivity index (χ2v) is 8.13. The quantitative estimate of drug-likeness (QED) is 0.749. The van der Waals surface area contributed by atoms with Gasteiger partial charge >= 0.3 is 0 Å². The first-order valence-electron chi connectivity index (χ1n) is 7.66. The molecule has 6 rings (SSSR count). The first kappa shape index (κ1) is 11.6. The number of rotatable bonds is 1. The molecule has 104 valence electrons. The van der Waals surface area contributed by atoms with E-state index in [1.165, 1.54) is 37.6 Å². The predicted octanol–water partition coefficient (Wildman–Crippen LogP) is 3.72. The molecule has 4 fully saturated rings. The fourth-order valence-corrected chi connectivity index (χ4v) is 6.26. The molecule has 4 atom stereocenters. The second-order valence-electron chi connectivity index (χ2n) is 7.33. The Morgan fingerprint density at radius 1 is 1.10 bits per heavy atom. The first-order chi connectivity index (χ1) is 9.66. The van der Waals surface area contributed by atoms with Crippen molar-refractivity contribution in [2.45, 2.75) is 48.9 Å². The van der Waals surface area contributed by atoms with Crippen LogP contribution in [-0.4, -0.2) is 19.9 Å². The molecular formula is C16H18ClN3. The fourth-order valence-electron chi connectivity index (χ4n) is 5.57. The van der Waals surface area contributed by atoms with Gasteiger partial charge in [-0.05, 0) is 62.5 Å². The van der Waals surface area contributed by atoms with Crippen LogP contribution < -0.4 is 0 Å². The molecule has 1 aromatic heterocycles. The number of nitrogens with zero attached hydrogens (tertiary/aromatic N) is 3. The van der Waals surface area contributed by atoms with E-state index >= 15 is 0 Å². The number of para-hydroxylation sites is 1. The Hall–Kier alpha value is -1.09. The number of hydrogen-bond acceptors (Lipinski definition) is 2. The van der Waals surface area contributed by atoms with Crippen molar-refractivity contribution in [2.24, 2.45) is 11.8 Å². The monoisotopic (exact) mass is 287 g/mol. The van der Waals surface area contributed by atoms with E-state index in [0.717, 1.165) is 23.8 Å². The van der Waals surface area contributed by atoms with Crippen molar-refractivity contribution >= 4 is 22.6 Å². The Morgan fingerprint density at radius 2 is 1.85 bits per heavy atom. The third kappa shape index (κ3) is 1.42. The maximum atomic E-state index is 6.93. The van der Waals surface area contributed by atoms with Crippen LogP contribution in [0.1, 0.15) is 38.5 Å². The van der Waals surface area contributed by atoms with E-state index in [-0.39, 0.29) is 10.4 Å². The summed E-state index contributed by atoms with van der Waals surface area (Å²) in [5.41, 5.74) is 2.31. The Kier molecular flexibility index (Phi) is 2.06. The summed E-state index contributed by atoms with van der Waals surface area (Å²) in [6, 6.07) is 8.31. The Morgan fingerprint density at radius 3 is 2.60 bits per heavy atom. The minimum Gasteiger partial charge on any atom is -0.238 e. The molecule has 0 radical (unpaired) electrons. The highest BCUT2D eigenvalue weighted by Crippen LogP contribution is 2.62. The topological polar surface area (TPSA) is 30.7 Å². The highest BCUT2D eigenvalue weighted by atomic mass is 35.5. The molecule has 2 aromatic rings. The SMILES string of the molecule is ClC12C[C@H]3C[C@@H](C1)CC(n1nnc4ccccc41)(C3)C2. The molecule has 1 heterocycles. The molecule has 4 saturated carbocycles. The van der Waals surface area contributed by atoms with Gasteiger partial charge in [-0.25, -0.2) is 4.68 Å². The highest BCUT2D eigenvalue weighted by Gasteiger charge is 2.58. The van der Waals surface area contributed by atoms with Gasteiger partial charge in [0.1, 0.15) is 5.52 Å². The summed E-state index contributed by atoms with van der Waals surface area (Å²) in [6.45, 7) is 0. The van der Waals surface area contributed by atoms with Gasteiger partial charge in [0.2, 0.25) is 0 Å². The van der Waals surface area contributed by atoms with E-state index in [9.17, 15) is 0 Å². The lowest BCUT2D eigenvalue weighted by Gasteiger charge is -2.59. The van der Waals surface area contributed by atoms with Gasteiger partial charge in [0.05, 0.1) is 11.1 Å². The number of halogens is 1. The maximum absolute atomic E-state index is 6.93. The Bertz CT molecular complexity index is 678. The molecule has 0 N–H and O–H groups in total. The average Bonchev–Trinajstić information content (AvgIpc) is 2.80. The molecule has 0 amide bonds. The van der Waals surface area contributed by atoms with Crippen LogP contribution in [-0.2, 0) is 5.54 Å². The smallest absolute Gasteiger partial charge is 0.113 e. The zero-order valence-electron chi connectivity index (χ0n) is 11.4. The maximum Gasteiger partial charge on any atom is 0.113 e. The van der Waals surface area contributed by atoms with E-state index in [0.29, 0.717) is 0 Å². The Balaban J connectivity index is 1.70. The number of benzene rings is 1. The van der Waals surface area contributed by atoms with Crippen molar-refractivity contribution in [1.82, 2.24) is 15.0 Å². The van der Waals surface area contributed by atoms with Crippen LogP contribution >= 0.6 is 11.6 Å². The lowest BCUT2D eigenvalue weighted by atomic mass is 9.52. The van der Waals surface area contributed by atoms with Gasteiger partial charge in [-0.15, -0.1) is 16.7 Å². The van der Waals surface area contributed by atoms with Gasteiger partial charge < -0.3 is 0 Å². The predicted molar refractivity (Wildman–Crippen MR) is 78.8 cm³/mol. The van der Waals surface area contributed by atoms with Crippen molar-refractivity contribution in [3.63, 3.8) is 0 Å². The van der Waals surface area contributed by atoms with Crippen LogP contribution in [0.5, 0.6) is 0 Å². The molecule has 4 aliphatic carbocycles. The van der Waals surface area contributed by atoms with Crippen molar-refractivity contribution in [2.75, 3.05) is 0 Å². The van der Waals surface area contributed by atoms with Gasteiger partial charge in [-0.2, -0.15) is 0 Å². The van der Waals surface area contributed by atoms with Gasteiger partial charge in [-0.3, -0.25) is 0 Å². The number of fused-ring (bicyclic) bond motifs is 1. The van der Waals surface area contributed by atoms with Crippen molar-refractivity contribution in [1.29, 1.82) is 0 Å². The van der Waals surface area contributed by atoms with Crippen LogP contribution in [0.2, 0.25) is 0 Å². The van der Waals surface area contributed by atoms with Crippen molar-refractivity contribution in [3.05, 3.63) is 24.3 Å². The van der Waals surface area contributed by atoms with E-state index in [4.69, 9.17) is 11.6 Å². The van der Waals surface area contributed by atoms with Crippen LogP contribution in [0.3, 0.4) is 0 Å². The molecule has 3 nitrogen and oxygen atoms in total. The minimum absolute atomic E-state index is 0.0249. The van der Waals surface area contributed by atoms with Crippen molar-refractivity contribution in [3.8, 4) is 0 Å². The van der Waals surface area contributed by atoms with Gasteiger partial charge in [0.15, 0.2) is 0 Å². The molecular weight excluding hydrogens is 270 g/mol. The summed E-state index contributed by atoms with van der Waals surface area (Å²) in [5, 5.41) is 8.89. The normalized spacial score (nSPS) is 42.5. The third-order valence-corrected chi connectivity index (χ3v) is 6.20. The zero-order chi connectivity index (χ0) is 13.4. The second kappa shape index (κ2) is 3.56. The number of alkyl halides is 1. The molecule has 2 unspecified atom stereocenters. The van der Waals surface area contributed by atoms with E-state index in [1.807, 2.05) is 6.07 Å². The Labute approximate surface area is 123 Å². The standard InChI is InChI=1S/C16H18ClN3/c17-15-6-11-5-12(7-15)9-16(8-11,10-15)20-14-4-2-1-3-13(14)18-19-20/h1-4,11-12H,5-10H2/t11-,12+,15?,16?. The largest absolute Gasteiger partial charge is 0.238 e. The third-order valence-electron chi connectivity index (χ3n) is 5.76. The van der Waals surface area contributed by atoms with Gasteiger partial charge in [0, 0.05) is 4.87 Å². The minimum atomic E-state index is 0.0249. The number of hydrogen-bond donors (Lipinski definition) is 0.